The van der Waals surface area contributed by atoms with Gasteiger partial charge in [0.2, 0.25) is 5.91 Å². The van der Waals surface area contributed by atoms with Gasteiger partial charge in [-0.25, -0.2) is 0 Å². The Kier molecular flexibility index (Phi) is 8.73. The zero-order valence-electron chi connectivity index (χ0n) is 17.6. The summed E-state index contributed by atoms with van der Waals surface area (Å²) in [4.78, 5) is 31.3. The number of piperazine rings is 1. The van der Waals surface area contributed by atoms with Gasteiger partial charge in [0.05, 0.1) is 6.10 Å². The van der Waals surface area contributed by atoms with E-state index in [1.807, 2.05) is 62.0 Å². The fraction of sp³-hybridized carbons (Fsp3) is 0.619. The van der Waals surface area contributed by atoms with Gasteiger partial charge in [0.25, 0.3) is 5.91 Å². The molecule has 1 aromatic carbocycles. The average Bonchev–Trinajstić information content (AvgIpc) is 2.70. The molecule has 2 amide bonds. The van der Waals surface area contributed by atoms with Gasteiger partial charge < -0.3 is 24.8 Å². The van der Waals surface area contributed by atoms with Gasteiger partial charge in [0.15, 0.2) is 0 Å². The molecule has 0 bridgehead atoms. The number of hydrogen-bond donors (Lipinski definition) is 1. The van der Waals surface area contributed by atoms with Crippen LogP contribution in [0.4, 0.5) is 5.69 Å². The minimum atomic E-state index is -0.114. The highest BCUT2D eigenvalue weighted by Crippen LogP contribution is 2.15. The summed E-state index contributed by atoms with van der Waals surface area (Å²) in [6.45, 7) is 8.12. The quantitative estimate of drug-likeness (QED) is 0.647. The molecule has 1 heterocycles. The van der Waals surface area contributed by atoms with Crippen molar-refractivity contribution in [3.05, 3.63) is 29.8 Å². The molecule has 156 valence electrons. The summed E-state index contributed by atoms with van der Waals surface area (Å²) in [5, 5.41) is 3.25. The van der Waals surface area contributed by atoms with E-state index in [0.717, 1.165) is 18.8 Å². The summed E-state index contributed by atoms with van der Waals surface area (Å²) in [6.07, 6.45) is 0.856. The van der Waals surface area contributed by atoms with Crippen LogP contribution in [-0.2, 0) is 9.53 Å². The molecule has 1 saturated heterocycles. The summed E-state index contributed by atoms with van der Waals surface area (Å²) in [6, 6.07) is 7.52. The molecule has 2 rings (SSSR count). The number of anilines is 1. The van der Waals surface area contributed by atoms with Crippen LogP contribution in [0.2, 0.25) is 0 Å². The summed E-state index contributed by atoms with van der Waals surface area (Å²) in [5.41, 5.74) is 1.56. The van der Waals surface area contributed by atoms with Crippen LogP contribution in [0.1, 0.15) is 30.6 Å². The van der Waals surface area contributed by atoms with E-state index in [2.05, 4.69) is 5.32 Å². The highest BCUT2D eigenvalue weighted by molar-refractivity contribution is 5.97. The van der Waals surface area contributed by atoms with Crippen LogP contribution >= 0.6 is 0 Å². The van der Waals surface area contributed by atoms with Crippen LogP contribution in [0, 0.1) is 0 Å². The van der Waals surface area contributed by atoms with Gasteiger partial charge in [0, 0.05) is 64.7 Å². The van der Waals surface area contributed by atoms with Crippen molar-refractivity contribution >= 4 is 17.5 Å². The lowest BCUT2D eigenvalue weighted by molar-refractivity contribution is -0.132. The highest BCUT2D eigenvalue weighted by Gasteiger charge is 2.23. The summed E-state index contributed by atoms with van der Waals surface area (Å²) < 4.78 is 5.60. The van der Waals surface area contributed by atoms with Crippen molar-refractivity contribution in [1.82, 2.24) is 15.1 Å². The Morgan fingerprint density at radius 2 is 1.93 bits per heavy atom. The van der Waals surface area contributed by atoms with Crippen molar-refractivity contribution in [2.75, 3.05) is 64.9 Å². The van der Waals surface area contributed by atoms with E-state index < -0.39 is 0 Å². The Labute approximate surface area is 168 Å². The predicted molar refractivity (Wildman–Crippen MR) is 112 cm³/mol. The van der Waals surface area contributed by atoms with Gasteiger partial charge in [-0.05, 0) is 38.5 Å². The monoisotopic (exact) mass is 390 g/mol. The summed E-state index contributed by atoms with van der Waals surface area (Å²) in [7, 11) is 3.89. The Balaban J connectivity index is 2.08. The molecule has 1 N–H and O–H groups in total. The average molecular weight is 391 g/mol. The molecule has 0 unspecified atom stereocenters. The summed E-state index contributed by atoms with van der Waals surface area (Å²) >= 11 is 0. The number of hydrogen-bond acceptors (Lipinski definition) is 5. The van der Waals surface area contributed by atoms with Crippen LogP contribution in [0.25, 0.3) is 0 Å². The molecule has 1 aliphatic rings. The molecule has 0 saturated carbocycles. The largest absolute Gasteiger partial charge is 0.379 e. The molecule has 0 aromatic heterocycles. The standard InChI is InChI=1S/C21H34N4O3/c1-17(2)28-14-6-11-25(16-20(26)24-12-9-22-10-13-24)21(27)18-7-5-8-19(15-18)23(3)4/h5,7-8,15,17,22H,6,9-14,16H2,1-4H3. The first-order chi connectivity index (χ1) is 13.4. The third-order valence-electron chi connectivity index (χ3n) is 4.72. The van der Waals surface area contributed by atoms with E-state index in [1.54, 1.807) is 4.90 Å². The number of benzene rings is 1. The number of amides is 2. The van der Waals surface area contributed by atoms with Gasteiger partial charge in [-0.2, -0.15) is 0 Å². The van der Waals surface area contributed by atoms with E-state index in [4.69, 9.17) is 4.74 Å². The normalized spacial score (nSPS) is 14.2. The molecule has 0 aliphatic carbocycles. The molecule has 28 heavy (non-hydrogen) atoms. The zero-order chi connectivity index (χ0) is 20.5. The highest BCUT2D eigenvalue weighted by atomic mass is 16.5. The number of nitrogens with zero attached hydrogens (tertiary/aromatic N) is 3. The molecular weight excluding hydrogens is 356 g/mol. The number of carbonyl (C=O) groups is 2. The Morgan fingerprint density at radius 1 is 1.21 bits per heavy atom. The van der Waals surface area contributed by atoms with Gasteiger partial charge in [-0.1, -0.05) is 6.07 Å². The van der Waals surface area contributed by atoms with Gasteiger partial charge in [0.1, 0.15) is 6.54 Å². The maximum Gasteiger partial charge on any atom is 0.254 e. The molecule has 0 atom stereocenters. The van der Waals surface area contributed by atoms with Crippen molar-refractivity contribution in [3.63, 3.8) is 0 Å². The Hall–Kier alpha value is -2.12. The molecule has 0 spiro atoms. The fourth-order valence-corrected chi connectivity index (χ4v) is 3.10. The third kappa shape index (κ3) is 6.80. The van der Waals surface area contributed by atoms with Gasteiger partial charge in [-0.15, -0.1) is 0 Å². The minimum Gasteiger partial charge on any atom is -0.379 e. The Morgan fingerprint density at radius 3 is 2.57 bits per heavy atom. The van der Waals surface area contributed by atoms with Crippen LogP contribution < -0.4 is 10.2 Å². The number of ether oxygens (including phenoxy) is 1. The van der Waals surface area contributed by atoms with Crippen LogP contribution in [0.15, 0.2) is 24.3 Å². The van der Waals surface area contributed by atoms with E-state index in [0.29, 0.717) is 38.2 Å². The van der Waals surface area contributed by atoms with Crippen LogP contribution in [0.5, 0.6) is 0 Å². The molecule has 1 aromatic rings. The van der Waals surface area contributed by atoms with Crippen molar-refractivity contribution < 1.29 is 14.3 Å². The van der Waals surface area contributed by atoms with Gasteiger partial charge >= 0.3 is 0 Å². The molecule has 0 radical (unpaired) electrons. The third-order valence-corrected chi connectivity index (χ3v) is 4.72. The van der Waals surface area contributed by atoms with E-state index in [-0.39, 0.29) is 24.5 Å². The van der Waals surface area contributed by atoms with Gasteiger partial charge in [-0.3, -0.25) is 9.59 Å². The zero-order valence-corrected chi connectivity index (χ0v) is 17.6. The molecule has 7 heteroatoms. The van der Waals surface area contributed by atoms with Crippen LogP contribution in [-0.4, -0.2) is 87.7 Å². The molecule has 1 aliphatic heterocycles. The lowest BCUT2D eigenvalue weighted by Gasteiger charge is -2.30. The first-order valence-electron chi connectivity index (χ1n) is 10.0. The predicted octanol–water partition coefficient (Wildman–Crippen LogP) is 1.44. The van der Waals surface area contributed by atoms with Crippen molar-refractivity contribution in [2.24, 2.45) is 0 Å². The minimum absolute atomic E-state index is 0.00314. The SMILES string of the molecule is CC(C)OCCCN(CC(=O)N1CCNCC1)C(=O)c1cccc(N(C)C)c1. The fourth-order valence-electron chi connectivity index (χ4n) is 3.10. The van der Waals surface area contributed by atoms with Crippen LogP contribution in [0.3, 0.4) is 0 Å². The molecule has 1 fully saturated rings. The van der Waals surface area contributed by atoms with Crippen molar-refractivity contribution in [1.29, 1.82) is 0 Å². The second-order valence-electron chi connectivity index (χ2n) is 7.58. The second-order valence-corrected chi connectivity index (χ2v) is 7.58. The maximum atomic E-state index is 13.1. The lowest BCUT2D eigenvalue weighted by Crippen LogP contribution is -2.50. The van der Waals surface area contributed by atoms with Crippen molar-refractivity contribution in [2.45, 2.75) is 26.4 Å². The van der Waals surface area contributed by atoms with E-state index >= 15 is 0 Å². The Bertz CT molecular complexity index is 642. The first kappa shape index (κ1) is 22.2. The first-order valence-corrected chi connectivity index (χ1v) is 10.0. The molecule has 7 nitrogen and oxygen atoms in total. The number of rotatable bonds is 9. The lowest BCUT2D eigenvalue weighted by atomic mass is 10.1. The smallest absolute Gasteiger partial charge is 0.254 e. The van der Waals surface area contributed by atoms with Crippen molar-refractivity contribution in [3.8, 4) is 0 Å². The number of nitrogens with one attached hydrogen (secondary N) is 1. The number of carbonyl (C=O) groups excluding carboxylic acids is 2. The topological polar surface area (TPSA) is 65.1 Å². The molecular formula is C21H34N4O3. The van der Waals surface area contributed by atoms with E-state index in [1.165, 1.54) is 0 Å². The summed E-state index contributed by atoms with van der Waals surface area (Å²) in [5.74, 6) is -0.111. The van der Waals surface area contributed by atoms with E-state index in [9.17, 15) is 9.59 Å². The maximum absolute atomic E-state index is 13.1. The second kappa shape index (κ2) is 11.0.